The number of hydrogen-bond donors (Lipinski definition) is 2. The Bertz CT molecular complexity index is 617. The molecule has 0 spiro atoms. The molecule has 1 aromatic carbocycles. The molecule has 1 fully saturated rings. The van der Waals surface area contributed by atoms with Gasteiger partial charge in [0.05, 0.1) is 23.3 Å². The molecular formula is C12H10N2O3. The van der Waals surface area contributed by atoms with Crippen LogP contribution in [0.25, 0.3) is 11.0 Å². The van der Waals surface area contributed by atoms with E-state index in [2.05, 4.69) is 9.97 Å². The average molecular weight is 230 g/mol. The van der Waals surface area contributed by atoms with Crippen LogP contribution >= 0.6 is 0 Å². The lowest BCUT2D eigenvalue weighted by atomic mass is 10.1. The first-order valence-electron chi connectivity index (χ1n) is 5.37. The van der Waals surface area contributed by atoms with Crippen molar-refractivity contribution >= 4 is 22.8 Å². The fourth-order valence-electron chi connectivity index (χ4n) is 2.06. The van der Waals surface area contributed by atoms with Gasteiger partial charge in [-0.25, -0.2) is 4.98 Å². The molecule has 3 rings (SSSR count). The number of carbonyl (C=O) groups is 2. The second-order valence-corrected chi connectivity index (χ2v) is 4.29. The number of ketones is 1. The van der Waals surface area contributed by atoms with E-state index < -0.39 is 11.9 Å². The van der Waals surface area contributed by atoms with Gasteiger partial charge >= 0.3 is 5.97 Å². The van der Waals surface area contributed by atoms with E-state index in [1.54, 1.807) is 24.5 Å². The minimum atomic E-state index is -0.883. The molecule has 0 saturated heterocycles. The summed E-state index contributed by atoms with van der Waals surface area (Å²) in [7, 11) is 0. The van der Waals surface area contributed by atoms with E-state index in [9.17, 15) is 9.59 Å². The van der Waals surface area contributed by atoms with Crippen molar-refractivity contribution in [1.29, 1.82) is 0 Å². The number of aliphatic carboxylic acids is 1. The fraction of sp³-hybridized carbons (Fsp3) is 0.250. The Morgan fingerprint density at radius 3 is 2.88 bits per heavy atom. The summed E-state index contributed by atoms with van der Waals surface area (Å²) in [6.45, 7) is 0. The normalized spacial score (nSPS) is 22.6. The van der Waals surface area contributed by atoms with Crippen molar-refractivity contribution in [3.05, 3.63) is 30.1 Å². The molecule has 0 amide bonds. The predicted molar refractivity (Wildman–Crippen MR) is 59.7 cm³/mol. The number of benzene rings is 1. The lowest BCUT2D eigenvalue weighted by molar-refractivity contribution is -0.138. The molecule has 1 aliphatic rings. The molecule has 2 N–H and O–H groups in total. The third-order valence-electron chi connectivity index (χ3n) is 3.15. The van der Waals surface area contributed by atoms with Crippen molar-refractivity contribution < 1.29 is 14.7 Å². The minimum Gasteiger partial charge on any atom is -0.481 e. The Morgan fingerprint density at radius 1 is 1.35 bits per heavy atom. The topological polar surface area (TPSA) is 83.0 Å². The van der Waals surface area contributed by atoms with Gasteiger partial charge in [0.1, 0.15) is 0 Å². The molecule has 17 heavy (non-hydrogen) atoms. The van der Waals surface area contributed by atoms with E-state index in [1.165, 1.54) is 0 Å². The van der Waals surface area contributed by atoms with E-state index in [-0.39, 0.29) is 11.7 Å². The SMILES string of the molecule is O=C(O)C1CC1C(=O)c1ccc2nc[nH]c2c1. The van der Waals surface area contributed by atoms with Crippen LogP contribution in [-0.4, -0.2) is 26.8 Å². The number of nitrogens with one attached hydrogen (secondary N) is 1. The maximum Gasteiger partial charge on any atom is 0.307 e. The van der Waals surface area contributed by atoms with Crippen LogP contribution in [0.1, 0.15) is 16.8 Å². The molecule has 5 nitrogen and oxygen atoms in total. The summed E-state index contributed by atoms with van der Waals surface area (Å²) < 4.78 is 0. The molecule has 1 saturated carbocycles. The first-order valence-corrected chi connectivity index (χ1v) is 5.37. The van der Waals surface area contributed by atoms with Crippen LogP contribution in [-0.2, 0) is 4.79 Å². The number of imidazole rings is 1. The molecular weight excluding hydrogens is 220 g/mol. The predicted octanol–water partition coefficient (Wildman–Crippen LogP) is 1.47. The van der Waals surface area contributed by atoms with E-state index >= 15 is 0 Å². The van der Waals surface area contributed by atoms with E-state index in [0.29, 0.717) is 12.0 Å². The number of aromatic amines is 1. The van der Waals surface area contributed by atoms with Gasteiger partial charge < -0.3 is 10.1 Å². The lowest BCUT2D eigenvalue weighted by Gasteiger charge is -1.99. The van der Waals surface area contributed by atoms with Crippen LogP contribution in [0.15, 0.2) is 24.5 Å². The second-order valence-electron chi connectivity index (χ2n) is 4.29. The van der Waals surface area contributed by atoms with Gasteiger partial charge in [-0.1, -0.05) is 0 Å². The molecule has 86 valence electrons. The molecule has 1 aliphatic carbocycles. The molecule has 2 aromatic rings. The third-order valence-corrected chi connectivity index (χ3v) is 3.15. The van der Waals surface area contributed by atoms with Gasteiger partial charge in [-0.3, -0.25) is 9.59 Å². The second kappa shape index (κ2) is 3.41. The first kappa shape index (κ1) is 10.0. The lowest BCUT2D eigenvalue weighted by Crippen LogP contribution is -2.08. The number of nitrogens with zero attached hydrogens (tertiary/aromatic N) is 1. The number of carbonyl (C=O) groups excluding carboxylic acids is 1. The Hall–Kier alpha value is -2.17. The highest BCUT2D eigenvalue weighted by atomic mass is 16.4. The molecule has 2 unspecified atom stereocenters. The van der Waals surface area contributed by atoms with Crippen molar-refractivity contribution in [2.45, 2.75) is 6.42 Å². The highest BCUT2D eigenvalue weighted by Gasteiger charge is 2.48. The van der Waals surface area contributed by atoms with Crippen LogP contribution in [0.5, 0.6) is 0 Å². The zero-order chi connectivity index (χ0) is 12.0. The van der Waals surface area contributed by atoms with Crippen LogP contribution in [0, 0.1) is 11.8 Å². The largest absolute Gasteiger partial charge is 0.481 e. The number of carboxylic acid groups (broad SMARTS) is 1. The smallest absolute Gasteiger partial charge is 0.307 e. The maximum atomic E-state index is 12.0. The summed E-state index contributed by atoms with van der Waals surface area (Å²) >= 11 is 0. The van der Waals surface area contributed by atoms with Crippen molar-refractivity contribution in [3.63, 3.8) is 0 Å². The number of Topliss-reactive ketones (excluding diaryl/α,β-unsaturated/α-hetero) is 1. The molecule has 0 radical (unpaired) electrons. The number of H-pyrrole nitrogens is 1. The Morgan fingerprint density at radius 2 is 2.18 bits per heavy atom. The van der Waals surface area contributed by atoms with Crippen LogP contribution in [0.2, 0.25) is 0 Å². The fourth-order valence-corrected chi connectivity index (χ4v) is 2.06. The number of carboxylic acids is 1. The van der Waals surface area contributed by atoms with Crippen molar-refractivity contribution in [2.75, 3.05) is 0 Å². The molecule has 1 aromatic heterocycles. The van der Waals surface area contributed by atoms with Crippen molar-refractivity contribution in [2.24, 2.45) is 11.8 Å². The van der Waals surface area contributed by atoms with Crippen molar-refractivity contribution in [1.82, 2.24) is 9.97 Å². The third kappa shape index (κ3) is 1.60. The van der Waals surface area contributed by atoms with Gasteiger partial charge in [0.15, 0.2) is 5.78 Å². The summed E-state index contributed by atoms with van der Waals surface area (Å²) in [6, 6.07) is 5.18. The average Bonchev–Trinajstić information content (AvgIpc) is 2.99. The van der Waals surface area contributed by atoms with Gasteiger partial charge in [0.25, 0.3) is 0 Å². The van der Waals surface area contributed by atoms with Crippen LogP contribution < -0.4 is 0 Å². The summed E-state index contributed by atoms with van der Waals surface area (Å²) in [5.41, 5.74) is 2.14. The maximum absolute atomic E-state index is 12.0. The summed E-state index contributed by atoms with van der Waals surface area (Å²) in [6.07, 6.45) is 2.02. The van der Waals surface area contributed by atoms with Gasteiger partial charge in [0.2, 0.25) is 0 Å². The summed E-state index contributed by atoms with van der Waals surface area (Å²) in [5, 5.41) is 8.79. The Labute approximate surface area is 96.5 Å². The minimum absolute atomic E-state index is 0.0890. The zero-order valence-corrected chi connectivity index (χ0v) is 8.88. The first-order chi connectivity index (χ1) is 8.16. The molecule has 0 bridgehead atoms. The highest BCUT2D eigenvalue weighted by molar-refractivity contribution is 6.04. The van der Waals surface area contributed by atoms with Crippen LogP contribution in [0.4, 0.5) is 0 Å². The van der Waals surface area contributed by atoms with Gasteiger partial charge in [0, 0.05) is 11.5 Å². The number of fused-ring (bicyclic) bond motifs is 1. The summed E-state index contributed by atoms with van der Waals surface area (Å²) in [4.78, 5) is 29.7. The zero-order valence-electron chi connectivity index (χ0n) is 8.88. The van der Waals surface area contributed by atoms with Gasteiger partial charge in [-0.15, -0.1) is 0 Å². The molecule has 1 heterocycles. The molecule has 5 heteroatoms. The summed E-state index contributed by atoms with van der Waals surface area (Å²) in [5.74, 6) is -1.83. The van der Waals surface area contributed by atoms with Crippen LogP contribution in [0.3, 0.4) is 0 Å². The van der Waals surface area contributed by atoms with E-state index in [0.717, 1.165) is 11.0 Å². The molecule has 0 aliphatic heterocycles. The number of aromatic nitrogens is 2. The number of rotatable bonds is 3. The van der Waals surface area contributed by atoms with E-state index in [4.69, 9.17) is 5.11 Å². The molecule has 2 atom stereocenters. The van der Waals surface area contributed by atoms with E-state index in [1.807, 2.05) is 0 Å². The van der Waals surface area contributed by atoms with Crippen molar-refractivity contribution in [3.8, 4) is 0 Å². The monoisotopic (exact) mass is 230 g/mol. The Kier molecular flexibility index (Phi) is 2.01. The standard InChI is InChI=1S/C12H10N2O3/c15-11(7-4-8(7)12(16)17)6-1-2-9-10(3-6)14-5-13-9/h1-3,5,7-8H,4H2,(H,13,14)(H,16,17). The number of hydrogen-bond acceptors (Lipinski definition) is 3. The van der Waals surface area contributed by atoms with Gasteiger partial charge in [-0.05, 0) is 24.6 Å². The highest BCUT2D eigenvalue weighted by Crippen LogP contribution is 2.41. The Balaban J connectivity index is 1.89. The quantitative estimate of drug-likeness (QED) is 0.782. The van der Waals surface area contributed by atoms with Gasteiger partial charge in [-0.2, -0.15) is 0 Å².